The first kappa shape index (κ1) is 88.3. The third-order valence-corrected chi connectivity index (χ3v) is 18.1. The summed E-state index contributed by atoms with van der Waals surface area (Å²) >= 11 is 0. The molecule has 17 aromatic rings. The number of anilines is 7. The normalized spacial score (nSPS) is 11.7. The third-order valence-electron chi connectivity index (χ3n) is 18.1. The van der Waals surface area contributed by atoms with Crippen molar-refractivity contribution in [3.8, 4) is 0 Å². The van der Waals surface area contributed by atoms with E-state index >= 15 is 0 Å². The molecule has 121 heavy (non-hydrogen) atoms. The Kier molecular flexibility index (Phi) is 27.9. The number of fused-ring (bicyclic) bond motifs is 8. The molecule has 16 N–H and O–H groups in total. The Morgan fingerprint density at radius 3 is 1.42 bits per heavy atom. The number of nitrogens with two attached hydrogens (primary N) is 6. The number of aromatic amines is 4. The lowest BCUT2D eigenvalue weighted by Crippen LogP contribution is -2.24. The van der Waals surface area contributed by atoms with Crippen molar-refractivity contribution in [2.75, 3.05) is 52.4 Å². The number of rotatable bonds is 10. The zero-order chi connectivity index (χ0) is 88.1. The Morgan fingerprint density at radius 2 is 0.868 bits per heavy atom. The average molecular weight is 1660 g/mol. The van der Waals surface area contributed by atoms with Gasteiger partial charge >= 0.3 is 17.1 Å². The molecule has 18 rings (SSSR count). The van der Waals surface area contributed by atoms with Gasteiger partial charge in [-0.3, -0.25) is 33.5 Å². The van der Waals surface area contributed by atoms with E-state index in [0.717, 1.165) is 57.5 Å². The largest absolute Gasteiger partial charge is 0.383 e. The Balaban J connectivity index is 0.000000143. The lowest BCUT2D eigenvalue weighted by molar-refractivity contribution is 0.546. The highest BCUT2D eigenvalue weighted by Crippen LogP contribution is 2.25. The number of H-pyrrole nitrogens is 4. The molecular weight excluding hydrogens is 1560 g/mol. The predicted octanol–water partition coefficient (Wildman–Crippen LogP) is 7.14. The summed E-state index contributed by atoms with van der Waals surface area (Å²) < 4.78 is 16.5. The van der Waals surface area contributed by atoms with Gasteiger partial charge in [0.25, 0.3) is 11.1 Å². The fraction of sp³-hybridized carbons (Fsp3) is 0.382. The molecule has 0 atom stereocenters. The minimum Gasteiger partial charge on any atom is -0.383 e. The van der Waals surface area contributed by atoms with E-state index < -0.39 is 11.2 Å². The van der Waals surface area contributed by atoms with E-state index in [-0.39, 0.29) is 82.2 Å². The van der Waals surface area contributed by atoms with Crippen LogP contribution < -0.4 is 73.0 Å². The molecule has 45 nitrogen and oxygen atoms in total. The van der Waals surface area contributed by atoms with Gasteiger partial charge in [0.15, 0.2) is 50.9 Å². The molecule has 0 amide bonds. The fourth-order valence-corrected chi connectivity index (χ4v) is 11.7. The highest BCUT2D eigenvalue weighted by molar-refractivity contribution is 5.87. The summed E-state index contributed by atoms with van der Waals surface area (Å²) in [6.07, 6.45) is 23.2. The molecule has 0 saturated carbocycles. The van der Waals surface area contributed by atoms with Crippen LogP contribution in [0.4, 0.5) is 41.0 Å². The van der Waals surface area contributed by atoms with Gasteiger partial charge in [-0.15, -0.1) is 0 Å². The summed E-state index contributed by atoms with van der Waals surface area (Å²) in [6, 6.07) is 9.18. The Morgan fingerprint density at radius 1 is 0.372 bits per heavy atom. The molecule has 636 valence electrons. The SMILES string of the molecule is CC(C)n1cc2ccc(=O)[nH]c2nc1=O.CC(C)n1ccc(N2CC2)nc1=O.CC(C)n1ccc2c(N)ncnc21.CC(C)n1cnc2c(=O)[nH]c(=O)[nH]c21.CC(C)n1cnc2c(=O)[nH]cnc21.CC(C)n1cnc2c(N)nc(N)nc21.CC(C)n1cnc2c(N)nc(N)nc21.CC(C)n1cnc2cncnc21.CC(C)n1ncc2c(N)ncnc21. The lowest BCUT2D eigenvalue weighted by Gasteiger charge is -2.09. The zero-order valence-electron chi connectivity index (χ0n) is 70.4. The van der Waals surface area contributed by atoms with E-state index in [2.05, 4.69) is 152 Å². The van der Waals surface area contributed by atoms with Crippen LogP contribution in [0.25, 0.3) is 88.9 Å². The fourth-order valence-electron chi connectivity index (χ4n) is 11.7. The minimum absolute atomic E-state index is 0.0568. The first-order valence-corrected chi connectivity index (χ1v) is 38.6. The van der Waals surface area contributed by atoms with Crippen molar-refractivity contribution in [1.29, 1.82) is 0 Å². The number of imidazole rings is 5. The molecule has 1 aliphatic rings. The maximum absolute atomic E-state index is 11.5. The van der Waals surface area contributed by atoms with Gasteiger partial charge < -0.3 is 76.7 Å². The van der Waals surface area contributed by atoms with Crippen LogP contribution in [0.15, 0.2) is 141 Å². The number of aromatic nitrogens is 32. The van der Waals surface area contributed by atoms with Gasteiger partial charge in [-0.05, 0) is 143 Å². The minimum atomic E-state index is -0.509. The summed E-state index contributed by atoms with van der Waals surface area (Å²) in [6.45, 7) is 38.4. The zero-order valence-corrected chi connectivity index (χ0v) is 70.4. The summed E-state index contributed by atoms with van der Waals surface area (Å²) in [5.41, 5.74) is 39.9. The Labute approximate surface area is 689 Å². The van der Waals surface area contributed by atoms with E-state index in [1.165, 1.54) is 29.6 Å². The molecule has 0 unspecified atom stereocenters. The molecule has 0 aromatic carbocycles. The summed E-state index contributed by atoms with van der Waals surface area (Å²) in [5, 5.41) is 6.69. The highest BCUT2D eigenvalue weighted by Gasteiger charge is 2.21. The molecule has 1 fully saturated rings. The number of nitrogens with zero attached hydrogens (tertiary/aromatic N) is 29. The van der Waals surface area contributed by atoms with Crippen LogP contribution in [0.2, 0.25) is 0 Å². The van der Waals surface area contributed by atoms with E-state index in [9.17, 15) is 28.8 Å². The van der Waals surface area contributed by atoms with Crippen molar-refractivity contribution in [3.05, 3.63) is 175 Å². The molecular formula is C76H101N39O6. The number of hydrogen-bond donors (Lipinski definition) is 10. The van der Waals surface area contributed by atoms with Crippen LogP contribution >= 0.6 is 0 Å². The molecule has 0 bridgehead atoms. The smallest absolute Gasteiger partial charge is 0.349 e. The molecule has 18 heterocycles. The van der Waals surface area contributed by atoms with Crippen LogP contribution in [0.1, 0.15) is 179 Å². The number of pyridine rings is 1. The molecule has 1 aliphatic heterocycles. The quantitative estimate of drug-likeness (QED) is 0.0608. The van der Waals surface area contributed by atoms with Gasteiger partial charge in [-0.1, -0.05) is 0 Å². The average Bonchev–Trinajstić information content (AvgIpc) is 1.63. The van der Waals surface area contributed by atoms with Crippen LogP contribution in [0, 0.1) is 0 Å². The first-order chi connectivity index (χ1) is 57.4. The van der Waals surface area contributed by atoms with Gasteiger partial charge in [-0.25, -0.2) is 78.9 Å². The molecule has 17 aromatic heterocycles. The molecule has 1 saturated heterocycles. The van der Waals surface area contributed by atoms with Crippen molar-refractivity contribution in [1.82, 2.24) is 156 Å². The summed E-state index contributed by atoms with van der Waals surface area (Å²) in [4.78, 5) is 152. The summed E-state index contributed by atoms with van der Waals surface area (Å²) in [7, 11) is 0. The third kappa shape index (κ3) is 21.0. The number of hydrogen-bond acceptors (Lipinski definition) is 32. The Bertz CT molecular complexity index is 6620. The van der Waals surface area contributed by atoms with Gasteiger partial charge in [-0.2, -0.15) is 35.0 Å². The van der Waals surface area contributed by atoms with Crippen LogP contribution in [0.5, 0.6) is 0 Å². The summed E-state index contributed by atoms with van der Waals surface area (Å²) in [5.74, 6) is 2.84. The second kappa shape index (κ2) is 38.3. The second-order valence-corrected chi connectivity index (χ2v) is 29.9. The second-order valence-electron chi connectivity index (χ2n) is 29.9. The van der Waals surface area contributed by atoms with Crippen molar-refractivity contribution in [3.63, 3.8) is 0 Å². The monoisotopic (exact) mass is 1660 g/mol. The van der Waals surface area contributed by atoms with E-state index in [1.807, 2.05) is 144 Å². The van der Waals surface area contributed by atoms with Gasteiger partial charge in [0, 0.05) is 97.5 Å². The van der Waals surface area contributed by atoms with Crippen LogP contribution in [-0.2, 0) is 0 Å². The van der Waals surface area contributed by atoms with E-state index in [4.69, 9.17) is 34.4 Å². The van der Waals surface area contributed by atoms with Crippen molar-refractivity contribution >= 4 is 130 Å². The molecule has 0 spiro atoms. The number of nitrogens with one attached hydrogen (secondary N) is 4. The predicted molar refractivity (Wildman–Crippen MR) is 465 cm³/mol. The molecule has 45 heteroatoms. The van der Waals surface area contributed by atoms with Gasteiger partial charge in [0.2, 0.25) is 17.5 Å². The maximum atomic E-state index is 11.5. The number of nitrogen functional groups attached to an aromatic ring is 6. The highest BCUT2D eigenvalue weighted by atomic mass is 16.2. The Hall–Kier alpha value is -15.1. The van der Waals surface area contributed by atoms with Crippen LogP contribution in [-0.4, -0.2) is 169 Å². The maximum Gasteiger partial charge on any atom is 0.349 e. The standard InChI is InChI=1S/C10H11N3O2.C9H12N4.C9H13N3O.2C8H12N6.C8H11N5.C8H10N4O2.C8H10N4O.C8H10N4/c1-6(2)13-5-7-3-4-8(14)11-9(7)12-10(13)15;1-6(2)13-4-3-7-8(10)11-5-12-9(7)13;1-7(2)12-4-3-8(10-9(12)13)11-5-6-11;2*1-4(2)14-3-11-5-6(9)12-8(10)13-7(5)14;1-5(2)13-8-6(3-12-13)7(9)10-4-11-8;1-4(2)12-3-9-5-6(12)10-8(14)11-7(5)13;1-5(2)12-4-11-6-7(12)9-3-10-8(6)13;1-6(2)12-5-11-7-3-9-4-10-8(7)12/h3-6H,1-2H3,(H,11,12,14,15);3-6H,1-2H3,(H2,10,11,12);3-4,7H,5-6H2,1-2H3;2*3-4H,1-2H3,(H4,9,10,12,13);3-5H,1-2H3,(H2,9,10,11);3-4H,1-2H3,(H2,10,11,13,14);3-5H,1-2H3,(H,9,10,13);3-6H,1-2H3. The van der Waals surface area contributed by atoms with Crippen molar-refractivity contribution < 1.29 is 0 Å². The van der Waals surface area contributed by atoms with Crippen molar-refractivity contribution in [2.45, 2.75) is 179 Å². The van der Waals surface area contributed by atoms with Crippen molar-refractivity contribution in [2.24, 2.45) is 0 Å². The first-order valence-electron chi connectivity index (χ1n) is 38.6. The lowest BCUT2D eigenvalue weighted by atomic mass is 10.3. The van der Waals surface area contributed by atoms with E-state index in [1.54, 1.807) is 71.8 Å². The topological polar surface area (TPSA) is 614 Å². The van der Waals surface area contributed by atoms with Gasteiger partial charge in [0.05, 0.1) is 61.1 Å². The van der Waals surface area contributed by atoms with Gasteiger partial charge in [0.1, 0.15) is 69.9 Å². The molecule has 0 aliphatic carbocycles. The van der Waals surface area contributed by atoms with Crippen LogP contribution in [0.3, 0.4) is 0 Å². The molecule has 0 radical (unpaired) electrons. The van der Waals surface area contributed by atoms with E-state index in [0.29, 0.717) is 80.1 Å².